The SMILES string of the molecule is C[C@H]1CCNc2c(F)cnc3cc(F)c(nc23)-n2c(=O)[nH]c3nccc(c32)O1. The average Bonchev–Trinajstić information content (AvgIpc) is 2.99. The first-order valence-electron chi connectivity index (χ1n) is 8.68. The van der Waals surface area contributed by atoms with Crippen LogP contribution in [-0.4, -0.2) is 37.2 Å². The van der Waals surface area contributed by atoms with Crippen molar-refractivity contribution >= 4 is 27.9 Å². The van der Waals surface area contributed by atoms with Gasteiger partial charge in [-0.25, -0.2) is 28.1 Å². The molecule has 8 nitrogen and oxygen atoms in total. The second-order valence-corrected chi connectivity index (χ2v) is 6.56. The number of anilines is 1. The third-order valence-electron chi connectivity index (χ3n) is 4.66. The Morgan fingerprint density at radius 1 is 1.29 bits per heavy atom. The van der Waals surface area contributed by atoms with Crippen LogP contribution in [-0.2, 0) is 0 Å². The van der Waals surface area contributed by atoms with E-state index >= 15 is 0 Å². The van der Waals surface area contributed by atoms with Crippen molar-refractivity contribution in [1.82, 2.24) is 24.5 Å². The molecule has 0 radical (unpaired) electrons. The van der Waals surface area contributed by atoms with Gasteiger partial charge in [0.2, 0.25) is 0 Å². The molecule has 0 saturated heterocycles. The number of nitrogens with zero attached hydrogens (tertiary/aromatic N) is 4. The molecule has 2 N–H and O–H groups in total. The highest BCUT2D eigenvalue weighted by molar-refractivity contribution is 5.89. The van der Waals surface area contributed by atoms with Crippen molar-refractivity contribution in [2.45, 2.75) is 19.4 Å². The minimum atomic E-state index is -0.777. The zero-order valence-corrected chi connectivity index (χ0v) is 14.7. The molecule has 5 heterocycles. The highest BCUT2D eigenvalue weighted by atomic mass is 19.1. The molecule has 0 fully saturated rings. The monoisotopic (exact) mass is 384 g/mol. The Balaban J connectivity index is 1.93. The number of hydrogen-bond acceptors (Lipinski definition) is 6. The lowest BCUT2D eigenvalue weighted by Gasteiger charge is -2.18. The molecule has 142 valence electrons. The summed E-state index contributed by atoms with van der Waals surface area (Å²) in [6, 6.07) is 2.73. The maximum atomic E-state index is 14.9. The van der Waals surface area contributed by atoms with Crippen molar-refractivity contribution in [1.29, 1.82) is 0 Å². The second kappa shape index (κ2) is 5.98. The number of fused-ring (bicyclic) bond motifs is 2. The van der Waals surface area contributed by atoms with E-state index in [1.54, 1.807) is 6.07 Å². The summed E-state index contributed by atoms with van der Waals surface area (Å²) in [5.41, 5.74) is 0.293. The van der Waals surface area contributed by atoms with Crippen LogP contribution in [0.5, 0.6) is 5.75 Å². The van der Waals surface area contributed by atoms with Crippen LogP contribution in [0.4, 0.5) is 14.5 Å². The van der Waals surface area contributed by atoms with Crippen LogP contribution in [0.25, 0.3) is 28.0 Å². The van der Waals surface area contributed by atoms with E-state index in [0.717, 1.165) is 16.8 Å². The fraction of sp³-hybridized carbons (Fsp3) is 0.222. The Morgan fingerprint density at radius 3 is 3.00 bits per heavy atom. The fourth-order valence-corrected chi connectivity index (χ4v) is 3.36. The molecule has 0 aliphatic carbocycles. The zero-order valence-electron chi connectivity index (χ0n) is 14.7. The second-order valence-electron chi connectivity index (χ2n) is 6.56. The van der Waals surface area contributed by atoms with Crippen molar-refractivity contribution in [2.24, 2.45) is 0 Å². The first-order valence-corrected chi connectivity index (χ1v) is 8.68. The van der Waals surface area contributed by atoms with Gasteiger partial charge in [0.1, 0.15) is 22.5 Å². The summed E-state index contributed by atoms with van der Waals surface area (Å²) < 4.78 is 36.3. The minimum Gasteiger partial charge on any atom is -0.488 e. The van der Waals surface area contributed by atoms with Gasteiger partial charge in [-0.1, -0.05) is 0 Å². The van der Waals surface area contributed by atoms with Crippen LogP contribution in [0.1, 0.15) is 13.3 Å². The Bertz CT molecular complexity index is 1300. The van der Waals surface area contributed by atoms with Gasteiger partial charge in [-0.2, -0.15) is 0 Å². The first-order chi connectivity index (χ1) is 13.5. The first kappa shape index (κ1) is 16.6. The Hall–Kier alpha value is -3.56. The van der Waals surface area contributed by atoms with E-state index in [2.05, 4.69) is 25.3 Å². The van der Waals surface area contributed by atoms with E-state index in [1.807, 2.05) is 6.92 Å². The lowest BCUT2D eigenvalue weighted by atomic mass is 10.2. The highest BCUT2D eigenvalue weighted by Gasteiger charge is 2.23. The van der Waals surface area contributed by atoms with E-state index in [-0.39, 0.29) is 39.8 Å². The minimum absolute atomic E-state index is 0.102. The van der Waals surface area contributed by atoms with Gasteiger partial charge in [0.05, 0.1) is 17.8 Å². The van der Waals surface area contributed by atoms with Crippen LogP contribution in [0.2, 0.25) is 0 Å². The topological polar surface area (TPSA) is 97.7 Å². The molecule has 2 bridgehead atoms. The summed E-state index contributed by atoms with van der Waals surface area (Å²) in [7, 11) is 0. The number of aromatic amines is 1. The third-order valence-corrected chi connectivity index (χ3v) is 4.66. The number of halogens is 2. The van der Waals surface area contributed by atoms with Gasteiger partial charge in [-0.05, 0) is 6.92 Å². The van der Waals surface area contributed by atoms with Gasteiger partial charge in [0.15, 0.2) is 23.1 Å². The van der Waals surface area contributed by atoms with Crippen molar-refractivity contribution in [3.05, 3.63) is 46.6 Å². The predicted octanol–water partition coefficient (Wildman–Crippen LogP) is 2.52. The van der Waals surface area contributed by atoms with Gasteiger partial charge < -0.3 is 10.1 Å². The van der Waals surface area contributed by atoms with E-state index in [9.17, 15) is 13.6 Å². The quantitative estimate of drug-likeness (QED) is 0.484. The number of pyridine rings is 3. The molecule has 0 unspecified atom stereocenters. The smallest absolute Gasteiger partial charge is 0.333 e. The van der Waals surface area contributed by atoms with Gasteiger partial charge in [-0.15, -0.1) is 0 Å². The fourth-order valence-electron chi connectivity index (χ4n) is 3.36. The predicted molar refractivity (Wildman–Crippen MR) is 97.9 cm³/mol. The summed E-state index contributed by atoms with van der Waals surface area (Å²) in [6.07, 6.45) is 2.80. The number of nitrogens with one attached hydrogen (secondary N) is 2. The van der Waals surface area contributed by atoms with Crippen LogP contribution in [0.15, 0.2) is 29.3 Å². The molecule has 10 heteroatoms. The van der Waals surface area contributed by atoms with E-state index in [4.69, 9.17) is 4.74 Å². The largest absolute Gasteiger partial charge is 0.488 e. The van der Waals surface area contributed by atoms with Crippen LogP contribution in [0.3, 0.4) is 0 Å². The Labute approximate surface area is 156 Å². The standard InChI is InChI=1S/C18H14F2N6O2/c1-8-2-4-21-13-10(20)7-23-11-6-9(19)17(24-14(11)13)26-15-12(28-8)3-5-22-16(15)25-18(26)27/h3,5-8,21H,2,4H2,1H3,(H,22,25,27)/t8-/m0/s1. The van der Waals surface area contributed by atoms with Crippen molar-refractivity contribution < 1.29 is 13.5 Å². The van der Waals surface area contributed by atoms with Crippen molar-refractivity contribution in [2.75, 3.05) is 11.9 Å². The van der Waals surface area contributed by atoms with Crippen LogP contribution >= 0.6 is 0 Å². The highest BCUT2D eigenvalue weighted by Crippen LogP contribution is 2.30. The number of rotatable bonds is 0. The molecule has 0 aromatic carbocycles. The maximum absolute atomic E-state index is 14.9. The number of hydrogen-bond donors (Lipinski definition) is 2. The molecule has 28 heavy (non-hydrogen) atoms. The van der Waals surface area contributed by atoms with E-state index < -0.39 is 17.3 Å². The molecule has 0 amide bonds. The molecule has 1 aliphatic rings. The number of H-pyrrole nitrogens is 1. The van der Waals surface area contributed by atoms with Gasteiger partial charge >= 0.3 is 5.69 Å². The summed E-state index contributed by atoms with van der Waals surface area (Å²) in [5, 5.41) is 2.99. The number of imidazole rings is 1. The van der Waals surface area contributed by atoms with E-state index in [0.29, 0.717) is 18.7 Å². The van der Waals surface area contributed by atoms with Crippen molar-refractivity contribution in [3.8, 4) is 11.6 Å². The normalized spacial score (nSPS) is 16.5. The average molecular weight is 384 g/mol. The molecule has 0 spiro atoms. The summed E-state index contributed by atoms with van der Waals surface area (Å²) in [4.78, 5) is 27.5. The Morgan fingerprint density at radius 2 is 2.14 bits per heavy atom. The molecule has 5 rings (SSSR count). The molecular weight excluding hydrogens is 370 g/mol. The molecular formula is C18H14F2N6O2. The third kappa shape index (κ3) is 2.41. The summed E-state index contributed by atoms with van der Waals surface area (Å²) in [5.74, 6) is -1.31. The van der Waals surface area contributed by atoms with Gasteiger partial charge in [0, 0.05) is 31.3 Å². The number of ether oxygens (including phenoxy) is 1. The summed E-state index contributed by atoms with van der Waals surface area (Å²) >= 11 is 0. The van der Waals surface area contributed by atoms with Crippen molar-refractivity contribution in [3.63, 3.8) is 0 Å². The molecule has 0 saturated carbocycles. The van der Waals surface area contributed by atoms with Crippen LogP contribution < -0.4 is 15.7 Å². The van der Waals surface area contributed by atoms with Gasteiger partial charge in [-0.3, -0.25) is 9.97 Å². The zero-order chi connectivity index (χ0) is 19.4. The molecule has 4 aromatic heterocycles. The lowest BCUT2D eigenvalue weighted by molar-refractivity contribution is 0.217. The molecule has 1 atom stereocenters. The summed E-state index contributed by atoms with van der Waals surface area (Å²) in [6.45, 7) is 2.26. The molecule has 1 aliphatic heterocycles. The lowest BCUT2D eigenvalue weighted by Crippen LogP contribution is -2.21. The van der Waals surface area contributed by atoms with E-state index in [1.165, 1.54) is 6.20 Å². The maximum Gasteiger partial charge on any atom is 0.333 e. The Kier molecular flexibility index (Phi) is 3.54. The van der Waals surface area contributed by atoms with Gasteiger partial charge in [0.25, 0.3) is 0 Å². The number of aromatic nitrogens is 5. The molecule has 4 aromatic rings. The van der Waals surface area contributed by atoms with Crippen LogP contribution in [0, 0.1) is 11.6 Å².